The normalized spacial score (nSPS) is 13.4. The molecular formula is C9H12N4O. The molecule has 14 heavy (non-hydrogen) atoms. The van der Waals surface area contributed by atoms with Crippen molar-refractivity contribution in [2.45, 2.75) is 13.0 Å². The van der Waals surface area contributed by atoms with E-state index in [2.05, 4.69) is 10.1 Å². The molecule has 0 radical (unpaired) electrons. The number of nitrogens with zero attached hydrogens (tertiary/aromatic N) is 3. The molecule has 2 aromatic heterocycles. The smallest absolute Gasteiger partial charge is 0.170 e. The Morgan fingerprint density at radius 2 is 2.43 bits per heavy atom. The highest BCUT2D eigenvalue weighted by Gasteiger charge is 2.11. The van der Waals surface area contributed by atoms with Gasteiger partial charge in [0.1, 0.15) is 0 Å². The van der Waals surface area contributed by atoms with E-state index in [9.17, 15) is 0 Å². The zero-order valence-corrected chi connectivity index (χ0v) is 7.88. The summed E-state index contributed by atoms with van der Waals surface area (Å²) in [4.78, 5) is 4.25. The van der Waals surface area contributed by atoms with Gasteiger partial charge in [-0.1, -0.05) is 6.07 Å². The fraction of sp³-hybridized carbons (Fsp3) is 0.333. The maximum absolute atomic E-state index is 8.87. The van der Waals surface area contributed by atoms with E-state index in [1.807, 2.05) is 25.3 Å². The van der Waals surface area contributed by atoms with Crippen molar-refractivity contribution in [2.75, 3.05) is 6.61 Å². The van der Waals surface area contributed by atoms with Crippen LogP contribution in [0.1, 0.15) is 17.4 Å². The molecule has 0 spiro atoms. The molecule has 0 saturated carbocycles. The third kappa shape index (κ3) is 1.36. The zero-order chi connectivity index (χ0) is 10.1. The maximum Gasteiger partial charge on any atom is 0.170 e. The minimum absolute atomic E-state index is 0.143. The fourth-order valence-electron chi connectivity index (χ4n) is 1.29. The highest BCUT2D eigenvalue weighted by molar-refractivity contribution is 5.45. The Bertz CT molecular complexity index is 451. The summed E-state index contributed by atoms with van der Waals surface area (Å²) >= 11 is 0. The van der Waals surface area contributed by atoms with Crippen LogP contribution < -0.4 is 5.73 Å². The first-order valence-electron chi connectivity index (χ1n) is 4.40. The molecular weight excluding hydrogens is 180 g/mol. The Labute approximate surface area is 81.2 Å². The van der Waals surface area contributed by atoms with Crippen molar-refractivity contribution in [1.82, 2.24) is 14.6 Å². The van der Waals surface area contributed by atoms with E-state index in [1.165, 1.54) is 0 Å². The lowest BCUT2D eigenvalue weighted by molar-refractivity contribution is 0.263. The maximum atomic E-state index is 8.87. The number of pyridine rings is 1. The van der Waals surface area contributed by atoms with Gasteiger partial charge in [0.05, 0.1) is 12.6 Å². The van der Waals surface area contributed by atoms with E-state index >= 15 is 0 Å². The van der Waals surface area contributed by atoms with Gasteiger partial charge in [-0.15, -0.1) is 5.10 Å². The van der Waals surface area contributed by atoms with Crippen LogP contribution in [-0.2, 0) is 0 Å². The average molecular weight is 192 g/mol. The minimum Gasteiger partial charge on any atom is -0.394 e. The molecule has 0 aliphatic rings. The van der Waals surface area contributed by atoms with Crippen molar-refractivity contribution < 1.29 is 5.11 Å². The number of aliphatic hydroxyl groups is 1. The van der Waals surface area contributed by atoms with Crippen molar-refractivity contribution in [3.63, 3.8) is 0 Å². The second-order valence-corrected chi connectivity index (χ2v) is 3.22. The summed E-state index contributed by atoms with van der Waals surface area (Å²) in [5.41, 5.74) is 7.44. The monoisotopic (exact) mass is 192 g/mol. The quantitative estimate of drug-likeness (QED) is 0.703. The van der Waals surface area contributed by atoms with Crippen LogP contribution >= 0.6 is 0 Å². The molecule has 3 N–H and O–H groups in total. The van der Waals surface area contributed by atoms with Crippen molar-refractivity contribution in [3.8, 4) is 0 Å². The van der Waals surface area contributed by atoms with Gasteiger partial charge in [0.25, 0.3) is 0 Å². The predicted octanol–water partition coefficient (Wildman–Crippen LogP) is 0.0298. The van der Waals surface area contributed by atoms with Crippen LogP contribution in [0.3, 0.4) is 0 Å². The predicted molar refractivity (Wildman–Crippen MR) is 51.7 cm³/mol. The molecule has 0 bridgehead atoms. The molecule has 0 fully saturated rings. The number of aliphatic hydroxyl groups excluding tert-OH is 1. The Morgan fingerprint density at radius 3 is 3.07 bits per heavy atom. The summed E-state index contributed by atoms with van der Waals surface area (Å²) in [6.45, 7) is 1.81. The molecule has 0 saturated heterocycles. The third-order valence-electron chi connectivity index (χ3n) is 2.10. The standard InChI is InChI=1S/C9H12N4O/c1-6-3-2-4-13-9(6)11-8(12-13)7(10)5-14/h2-4,7,14H,5,10H2,1H3. The Kier molecular flexibility index (Phi) is 2.18. The molecule has 0 aromatic carbocycles. The molecule has 1 unspecified atom stereocenters. The van der Waals surface area contributed by atoms with Crippen molar-refractivity contribution in [3.05, 3.63) is 29.7 Å². The van der Waals surface area contributed by atoms with Crippen LogP contribution in [0, 0.1) is 6.92 Å². The second kappa shape index (κ2) is 3.36. The van der Waals surface area contributed by atoms with Crippen LogP contribution in [0.5, 0.6) is 0 Å². The molecule has 5 heteroatoms. The van der Waals surface area contributed by atoms with Gasteiger partial charge >= 0.3 is 0 Å². The van der Waals surface area contributed by atoms with Crippen molar-refractivity contribution >= 4 is 5.65 Å². The molecule has 74 valence electrons. The molecule has 2 heterocycles. The van der Waals surface area contributed by atoms with E-state index in [-0.39, 0.29) is 6.61 Å². The van der Waals surface area contributed by atoms with Gasteiger partial charge in [0.15, 0.2) is 11.5 Å². The highest BCUT2D eigenvalue weighted by atomic mass is 16.3. The van der Waals surface area contributed by atoms with Crippen LogP contribution in [0.4, 0.5) is 0 Å². The number of hydrogen-bond donors (Lipinski definition) is 2. The van der Waals surface area contributed by atoms with Crippen LogP contribution in [0.2, 0.25) is 0 Å². The number of aromatic nitrogens is 3. The Morgan fingerprint density at radius 1 is 1.64 bits per heavy atom. The minimum atomic E-state index is -0.505. The molecule has 5 nitrogen and oxygen atoms in total. The first-order valence-corrected chi connectivity index (χ1v) is 4.40. The van der Waals surface area contributed by atoms with Crippen LogP contribution in [0.15, 0.2) is 18.3 Å². The number of rotatable bonds is 2. The van der Waals surface area contributed by atoms with Gasteiger partial charge in [-0.05, 0) is 18.6 Å². The van der Waals surface area contributed by atoms with Gasteiger partial charge < -0.3 is 10.8 Å². The number of fused-ring (bicyclic) bond motifs is 1. The fourth-order valence-corrected chi connectivity index (χ4v) is 1.29. The van der Waals surface area contributed by atoms with E-state index in [0.717, 1.165) is 11.2 Å². The Hall–Kier alpha value is -1.46. The molecule has 0 aliphatic carbocycles. The average Bonchev–Trinajstić information content (AvgIpc) is 2.62. The van der Waals surface area contributed by atoms with E-state index in [1.54, 1.807) is 4.52 Å². The molecule has 2 aromatic rings. The SMILES string of the molecule is Cc1cccn2nc(C(N)CO)nc12. The summed E-state index contributed by atoms with van der Waals surface area (Å²) in [6.07, 6.45) is 1.81. The highest BCUT2D eigenvalue weighted by Crippen LogP contribution is 2.10. The van der Waals surface area contributed by atoms with Gasteiger partial charge in [0.2, 0.25) is 0 Å². The lowest BCUT2D eigenvalue weighted by Crippen LogP contribution is -2.16. The second-order valence-electron chi connectivity index (χ2n) is 3.22. The van der Waals surface area contributed by atoms with E-state index in [0.29, 0.717) is 5.82 Å². The van der Waals surface area contributed by atoms with E-state index < -0.39 is 6.04 Å². The molecule has 0 aliphatic heterocycles. The lowest BCUT2D eigenvalue weighted by atomic mass is 10.3. The van der Waals surface area contributed by atoms with Crippen LogP contribution in [0.25, 0.3) is 5.65 Å². The zero-order valence-electron chi connectivity index (χ0n) is 7.88. The van der Waals surface area contributed by atoms with Gasteiger partial charge in [-0.3, -0.25) is 0 Å². The summed E-state index contributed by atoms with van der Waals surface area (Å²) in [5.74, 6) is 0.474. The van der Waals surface area contributed by atoms with Gasteiger partial charge in [0, 0.05) is 6.20 Å². The van der Waals surface area contributed by atoms with Crippen molar-refractivity contribution in [1.29, 1.82) is 0 Å². The molecule has 1 atom stereocenters. The lowest BCUT2D eigenvalue weighted by Gasteiger charge is -1.99. The topological polar surface area (TPSA) is 76.4 Å². The van der Waals surface area contributed by atoms with E-state index in [4.69, 9.17) is 10.8 Å². The van der Waals surface area contributed by atoms with Gasteiger partial charge in [-0.25, -0.2) is 9.50 Å². The number of aryl methyl sites for hydroxylation is 1. The van der Waals surface area contributed by atoms with Gasteiger partial charge in [-0.2, -0.15) is 0 Å². The van der Waals surface area contributed by atoms with Crippen molar-refractivity contribution in [2.24, 2.45) is 5.73 Å². The number of nitrogens with two attached hydrogens (primary N) is 1. The molecule has 2 rings (SSSR count). The summed E-state index contributed by atoms with van der Waals surface area (Å²) in [7, 11) is 0. The largest absolute Gasteiger partial charge is 0.394 e. The van der Waals surface area contributed by atoms with Crippen LogP contribution in [-0.4, -0.2) is 26.3 Å². The first-order chi connectivity index (χ1) is 6.72. The summed E-state index contributed by atoms with van der Waals surface area (Å²) in [6, 6.07) is 3.35. The number of hydrogen-bond acceptors (Lipinski definition) is 4. The third-order valence-corrected chi connectivity index (χ3v) is 2.10. The first kappa shape index (κ1) is 9.11. The Balaban J connectivity index is 2.56. The molecule has 0 amide bonds. The summed E-state index contributed by atoms with van der Waals surface area (Å²) in [5, 5.41) is 13.0. The summed E-state index contributed by atoms with van der Waals surface area (Å²) < 4.78 is 1.67.